The molecule has 1 heterocycles. The highest BCUT2D eigenvalue weighted by Crippen LogP contribution is 2.31. The van der Waals surface area contributed by atoms with Gasteiger partial charge in [-0.25, -0.2) is 8.42 Å². The third kappa shape index (κ3) is 8.92. The van der Waals surface area contributed by atoms with Crippen LogP contribution in [-0.4, -0.2) is 87.4 Å². The number of hydrogen-bond donors (Lipinski definition) is 2. The summed E-state index contributed by atoms with van der Waals surface area (Å²) in [5, 5.41) is 10.1. The normalized spacial score (nSPS) is 23.5. The first-order chi connectivity index (χ1) is 20.1. The second-order valence-electron chi connectivity index (χ2n) is 12.1. The minimum atomic E-state index is -3.86. The average Bonchev–Trinajstić information content (AvgIpc) is 3.78. The summed E-state index contributed by atoms with van der Waals surface area (Å²) >= 11 is 0. The Morgan fingerprint density at radius 2 is 1.81 bits per heavy atom. The number of amides is 1. The summed E-state index contributed by atoms with van der Waals surface area (Å²) < 4.78 is 41.4. The fourth-order valence-corrected chi connectivity index (χ4v) is 6.46. The van der Waals surface area contributed by atoms with Gasteiger partial charge in [0.2, 0.25) is 0 Å². The van der Waals surface area contributed by atoms with Gasteiger partial charge < -0.3 is 24.4 Å². The molecular weight excluding hydrogens is 554 g/mol. The van der Waals surface area contributed by atoms with E-state index < -0.39 is 16.1 Å². The van der Waals surface area contributed by atoms with Gasteiger partial charge in [-0.1, -0.05) is 25.1 Å². The van der Waals surface area contributed by atoms with Crippen LogP contribution in [0.15, 0.2) is 53.4 Å². The van der Waals surface area contributed by atoms with Gasteiger partial charge in [0.1, 0.15) is 5.75 Å². The number of aliphatic hydroxyl groups is 1. The maximum absolute atomic E-state index is 14.2. The Kier molecular flexibility index (Phi) is 11.3. The van der Waals surface area contributed by atoms with Crippen LogP contribution >= 0.6 is 0 Å². The molecule has 0 bridgehead atoms. The van der Waals surface area contributed by atoms with Gasteiger partial charge in [-0.15, -0.1) is 0 Å². The van der Waals surface area contributed by atoms with Crippen LogP contribution in [0, 0.1) is 11.8 Å². The summed E-state index contributed by atoms with van der Waals surface area (Å²) in [6.45, 7) is 8.50. The summed E-state index contributed by atoms with van der Waals surface area (Å²) in [5.41, 5.74) is 0.513. The highest BCUT2D eigenvalue weighted by Gasteiger charge is 2.31. The molecule has 1 fully saturated rings. The van der Waals surface area contributed by atoms with E-state index in [-0.39, 0.29) is 46.8 Å². The molecular formula is C32H47N3O6S. The van der Waals surface area contributed by atoms with Crippen LogP contribution in [0.2, 0.25) is 0 Å². The Bertz CT molecular complexity index is 1270. The SMILES string of the molecule is C[C@@H]1CCCCO[C@H](CN(C)CC2CC2)[C@@H](C)CN([C@H](C)CO)C(=O)c2cc(NS(=O)(=O)c3ccccc3)ccc2O1. The van der Waals surface area contributed by atoms with Gasteiger partial charge in [0.25, 0.3) is 15.9 Å². The molecule has 10 heteroatoms. The molecule has 1 saturated carbocycles. The summed E-state index contributed by atoms with van der Waals surface area (Å²) in [6, 6.07) is 12.4. The molecule has 0 unspecified atom stereocenters. The average molecular weight is 602 g/mol. The Labute approximate surface area is 251 Å². The van der Waals surface area contributed by atoms with Gasteiger partial charge in [0, 0.05) is 37.8 Å². The summed E-state index contributed by atoms with van der Waals surface area (Å²) in [7, 11) is -1.73. The molecule has 2 N–H and O–H groups in total. The first-order valence-corrected chi connectivity index (χ1v) is 16.7. The lowest BCUT2D eigenvalue weighted by atomic mass is 10.0. The largest absolute Gasteiger partial charge is 0.490 e. The molecule has 232 valence electrons. The molecule has 0 saturated heterocycles. The van der Waals surface area contributed by atoms with Crippen molar-refractivity contribution in [1.82, 2.24) is 9.80 Å². The minimum Gasteiger partial charge on any atom is -0.490 e. The predicted octanol–water partition coefficient (Wildman–Crippen LogP) is 4.62. The van der Waals surface area contributed by atoms with Gasteiger partial charge >= 0.3 is 0 Å². The predicted molar refractivity (Wildman–Crippen MR) is 164 cm³/mol. The summed E-state index contributed by atoms with van der Waals surface area (Å²) in [6.07, 6.45) is 4.95. The number of nitrogens with one attached hydrogen (secondary N) is 1. The molecule has 1 aliphatic carbocycles. The fraction of sp³-hybridized carbons (Fsp3) is 0.594. The van der Waals surface area contributed by atoms with E-state index in [2.05, 4.69) is 23.6 Å². The number of aliphatic hydroxyl groups excluding tert-OH is 1. The Balaban J connectivity index is 1.65. The van der Waals surface area contributed by atoms with Crippen molar-refractivity contribution in [3.8, 4) is 5.75 Å². The maximum atomic E-state index is 14.2. The molecule has 0 spiro atoms. The van der Waals surface area contributed by atoms with Crippen LogP contribution in [0.25, 0.3) is 0 Å². The number of fused-ring (bicyclic) bond motifs is 1. The third-order valence-electron chi connectivity index (χ3n) is 8.12. The van der Waals surface area contributed by atoms with E-state index in [4.69, 9.17) is 9.47 Å². The van der Waals surface area contributed by atoms with Crippen molar-refractivity contribution in [3.63, 3.8) is 0 Å². The molecule has 2 aromatic carbocycles. The quantitative estimate of drug-likeness (QED) is 0.432. The number of carbonyl (C=O) groups excluding carboxylic acids is 1. The number of rotatable bonds is 9. The number of benzene rings is 2. The number of ether oxygens (including phenoxy) is 2. The van der Waals surface area contributed by atoms with E-state index in [1.54, 1.807) is 35.2 Å². The zero-order chi connectivity index (χ0) is 30.3. The highest BCUT2D eigenvalue weighted by molar-refractivity contribution is 7.92. The Morgan fingerprint density at radius 1 is 1.07 bits per heavy atom. The maximum Gasteiger partial charge on any atom is 0.261 e. The number of likely N-dealkylation sites (N-methyl/N-ethyl adjacent to an activating group) is 1. The van der Waals surface area contributed by atoms with Gasteiger partial charge in [-0.3, -0.25) is 9.52 Å². The van der Waals surface area contributed by atoms with Crippen LogP contribution in [0.5, 0.6) is 5.75 Å². The number of sulfonamides is 1. The molecule has 0 radical (unpaired) electrons. The minimum absolute atomic E-state index is 0.00407. The van der Waals surface area contributed by atoms with E-state index in [1.165, 1.54) is 31.0 Å². The zero-order valence-corrected chi connectivity index (χ0v) is 26.2. The molecule has 0 aromatic heterocycles. The first-order valence-electron chi connectivity index (χ1n) is 15.2. The number of nitrogens with zero attached hydrogens (tertiary/aromatic N) is 2. The smallest absolute Gasteiger partial charge is 0.261 e. The van der Waals surface area contributed by atoms with Crippen molar-refractivity contribution in [3.05, 3.63) is 54.1 Å². The fourth-order valence-electron chi connectivity index (χ4n) is 5.39. The lowest BCUT2D eigenvalue weighted by Gasteiger charge is -2.36. The summed E-state index contributed by atoms with van der Waals surface area (Å²) in [4.78, 5) is 18.4. The number of carbonyl (C=O) groups is 1. The molecule has 4 atom stereocenters. The third-order valence-corrected chi connectivity index (χ3v) is 9.51. The van der Waals surface area contributed by atoms with E-state index in [0.29, 0.717) is 18.9 Å². The molecule has 9 nitrogen and oxygen atoms in total. The van der Waals surface area contributed by atoms with Crippen molar-refractivity contribution in [2.24, 2.45) is 11.8 Å². The number of anilines is 1. The van der Waals surface area contributed by atoms with Crippen LogP contribution in [0.3, 0.4) is 0 Å². The van der Waals surface area contributed by atoms with Gasteiger partial charge in [0.15, 0.2) is 0 Å². The van der Waals surface area contributed by atoms with E-state index in [0.717, 1.165) is 38.3 Å². The standard InChI is InChI=1S/C32H47N3O6S/c1-23-19-35(24(2)22-36)32(37)29-18-27(33-42(38,39)28-11-6-5-7-12-28)15-16-30(29)41-25(3)10-8-9-17-40-31(23)21-34(4)20-26-13-14-26/h5-7,11-12,15-16,18,23-26,31,33,36H,8-10,13-14,17,19-22H2,1-4H3/t23-,24+,25+,31+/m0/s1. The molecule has 2 aliphatic rings. The van der Waals surface area contributed by atoms with Gasteiger partial charge in [0.05, 0.1) is 35.3 Å². The van der Waals surface area contributed by atoms with Gasteiger partial charge in [-0.2, -0.15) is 0 Å². The van der Waals surface area contributed by atoms with Crippen LogP contribution in [0.1, 0.15) is 63.2 Å². The van der Waals surface area contributed by atoms with Crippen LogP contribution < -0.4 is 9.46 Å². The zero-order valence-electron chi connectivity index (χ0n) is 25.4. The second-order valence-corrected chi connectivity index (χ2v) is 13.8. The molecule has 42 heavy (non-hydrogen) atoms. The van der Waals surface area contributed by atoms with E-state index in [1.807, 2.05) is 13.8 Å². The highest BCUT2D eigenvalue weighted by atomic mass is 32.2. The first kappa shape index (κ1) is 32.3. The second kappa shape index (κ2) is 14.7. The van der Waals surface area contributed by atoms with E-state index in [9.17, 15) is 18.3 Å². The summed E-state index contributed by atoms with van der Waals surface area (Å²) in [5.74, 6) is 0.832. The lowest BCUT2D eigenvalue weighted by Crippen LogP contribution is -2.47. The molecule has 2 aromatic rings. The molecule has 1 amide bonds. The van der Waals surface area contributed by atoms with Crippen molar-refractivity contribution < 1.29 is 27.8 Å². The van der Waals surface area contributed by atoms with Crippen molar-refractivity contribution in [2.45, 2.75) is 76.0 Å². The van der Waals surface area contributed by atoms with Crippen LogP contribution in [0.4, 0.5) is 5.69 Å². The monoisotopic (exact) mass is 601 g/mol. The Morgan fingerprint density at radius 3 is 2.50 bits per heavy atom. The lowest BCUT2D eigenvalue weighted by molar-refractivity contribution is -0.0172. The van der Waals surface area contributed by atoms with Crippen molar-refractivity contribution in [2.75, 3.05) is 44.6 Å². The topological polar surface area (TPSA) is 108 Å². The molecule has 4 rings (SSSR count). The Hall–Kier alpha value is -2.66. The molecule has 1 aliphatic heterocycles. The van der Waals surface area contributed by atoms with E-state index >= 15 is 0 Å². The van der Waals surface area contributed by atoms with Crippen molar-refractivity contribution in [1.29, 1.82) is 0 Å². The number of hydrogen-bond acceptors (Lipinski definition) is 7. The van der Waals surface area contributed by atoms with Crippen LogP contribution in [-0.2, 0) is 14.8 Å². The van der Waals surface area contributed by atoms with Crippen molar-refractivity contribution >= 4 is 21.6 Å². The van der Waals surface area contributed by atoms with Gasteiger partial charge in [-0.05, 0) is 89.2 Å².